The number of nitrogens with two attached hydrogens (primary N) is 1. The Balaban J connectivity index is 1.79. The van der Waals surface area contributed by atoms with E-state index in [-0.39, 0.29) is 30.0 Å². The first-order valence-corrected chi connectivity index (χ1v) is 7.16. The fourth-order valence-electron chi connectivity index (χ4n) is 2.41. The van der Waals surface area contributed by atoms with Crippen LogP contribution in [0.25, 0.3) is 0 Å². The lowest BCUT2D eigenvalue weighted by Gasteiger charge is -2.30. The number of nitrogens with zero attached hydrogens (tertiary/aromatic N) is 2. The van der Waals surface area contributed by atoms with Gasteiger partial charge in [-0.05, 0) is 25.0 Å². The lowest BCUT2D eigenvalue weighted by molar-refractivity contribution is -0.384. The third kappa shape index (κ3) is 4.39. The van der Waals surface area contributed by atoms with Gasteiger partial charge in [-0.15, -0.1) is 0 Å². The highest BCUT2D eigenvalue weighted by Gasteiger charge is 2.26. The van der Waals surface area contributed by atoms with Crippen LogP contribution in [0.15, 0.2) is 24.3 Å². The summed E-state index contributed by atoms with van der Waals surface area (Å²) in [6.07, 6.45) is 1.12. The molecule has 1 heterocycles. The van der Waals surface area contributed by atoms with Gasteiger partial charge in [0.15, 0.2) is 6.61 Å². The quantitative estimate of drug-likeness (QED) is 0.345. The molecule has 1 aliphatic rings. The molecule has 0 aromatic heterocycles. The van der Waals surface area contributed by atoms with Gasteiger partial charge in [-0.2, -0.15) is 0 Å². The number of hydrogen-bond acceptors (Lipinski definition) is 6. The molecule has 0 atom stereocenters. The summed E-state index contributed by atoms with van der Waals surface area (Å²) in [5, 5.41) is 10.5. The first-order chi connectivity index (χ1) is 11.0. The number of carbonyl (C=O) groups is 2. The van der Waals surface area contributed by atoms with E-state index < -0.39 is 4.92 Å². The second-order valence-electron chi connectivity index (χ2n) is 5.20. The minimum absolute atomic E-state index is 0.0380. The van der Waals surface area contributed by atoms with Gasteiger partial charge in [0, 0.05) is 31.1 Å². The van der Waals surface area contributed by atoms with Crippen molar-refractivity contribution in [3.05, 3.63) is 34.4 Å². The molecular formula is C14H18N4O5. The molecule has 23 heavy (non-hydrogen) atoms. The van der Waals surface area contributed by atoms with Crippen molar-refractivity contribution in [1.82, 2.24) is 10.3 Å². The molecule has 2 rings (SSSR count). The molecule has 124 valence electrons. The Hall–Kier alpha value is -2.68. The van der Waals surface area contributed by atoms with Crippen molar-refractivity contribution in [2.24, 2.45) is 11.8 Å². The molecule has 0 aliphatic carbocycles. The van der Waals surface area contributed by atoms with Crippen molar-refractivity contribution in [2.45, 2.75) is 12.8 Å². The van der Waals surface area contributed by atoms with Crippen LogP contribution in [0.1, 0.15) is 12.8 Å². The van der Waals surface area contributed by atoms with E-state index in [0.717, 1.165) is 0 Å². The normalized spacial score (nSPS) is 15.1. The number of nitro groups is 1. The molecule has 9 heteroatoms. The maximum Gasteiger partial charge on any atom is 0.269 e. The maximum absolute atomic E-state index is 12.1. The molecule has 0 bridgehead atoms. The molecule has 1 fully saturated rings. The van der Waals surface area contributed by atoms with Crippen LogP contribution in [-0.4, -0.2) is 41.3 Å². The first kappa shape index (κ1) is 16.7. The van der Waals surface area contributed by atoms with Gasteiger partial charge >= 0.3 is 0 Å². The van der Waals surface area contributed by atoms with E-state index in [1.165, 1.54) is 24.3 Å². The van der Waals surface area contributed by atoms with Crippen LogP contribution in [0.5, 0.6) is 5.75 Å². The van der Waals surface area contributed by atoms with Gasteiger partial charge in [0.25, 0.3) is 11.6 Å². The lowest BCUT2D eigenvalue weighted by atomic mass is 9.96. The molecule has 0 spiro atoms. The van der Waals surface area contributed by atoms with Crippen molar-refractivity contribution in [3.63, 3.8) is 0 Å². The fourth-order valence-corrected chi connectivity index (χ4v) is 2.41. The molecule has 1 aromatic carbocycles. The van der Waals surface area contributed by atoms with Gasteiger partial charge in [-0.25, -0.2) is 5.84 Å². The molecule has 0 saturated carbocycles. The average Bonchev–Trinajstić information content (AvgIpc) is 2.59. The lowest BCUT2D eigenvalue weighted by Crippen LogP contribution is -2.45. The fraction of sp³-hybridized carbons (Fsp3) is 0.429. The second-order valence-corrected chi connectivity index (χ2v) is 5.20. The number of hydrogen-bond donors (Lipinski definition) is 2. The number of rotatable bonds is 5. The number of amides is 2. The molecule has 2 amide bonds. The van der Waals surface area contributed by atoms with E-state index in [1.807, 2.05) is 0 Å². The third-order valence-electron chi connectivity index (χ3n) is 3.77. The van der Waals surface area contributed by atoms with Crippen molar-refractivity contribution in [2.75, 3.05) is 19.7 Å². The SMILES string of the molecule is NNC(=O)C1CCN(C(=O)COc2ccc([N+](=O)[O-])cc2)CC1. The molecule has 0 radical (unpaired) electrons. The molecule has 1 aromatic rings. The standard InChI is InChI=1S/C14H18N4O5/c15-16-14(20)10-5-7-17(8-6-10)13(19)9-23-12-3-1-11(2-4-12)18(21)22/h1-4,10H,5-9,15H2,(H,16,20). The van der Waals surface area contributed by atoms with Gasteiger partial charge < -0.3 is 9.64 Å². The number of likely N-dealkylation sites (tertiary alicyclic amines) is 1. The molecule has 9 nitrogen and oxygen atoms in total. The third-order valence-corrected chi connectivity index (χ3v) is 3.77. The largest absolute Gasteiger partial charge is 0.484 e. The molecule has 1 saturated heterocycles. The summed E-state index contributed by atoms with van der Waals surface area (Å²) in [6.45, 7) is 0.798. The summed E-state index contributed by atoms with van der Waals surface area (Å²) in [4.78, 5) is 35.2. The first-order valence-electron chi connectivity index (χ1n) is 7.16. The summed E-state index contributed by atoms with van der Waals surface area (Å²) >= 11 is 0. The summed E-state index contributed by atoms with van der Waals surface area (Å²) in [6, 6.07) is 5.53. The predicted octanol–water partition coefficient (Wildman–Crippen LogP) is 0.202. The van der Waals surface area contributed by atoms with E-state index in [0.29, 0.717) is 31.7 Å². The zero-order valence-corrected chi connectivity index (χ0v) is 12.4. The van der Waals surface area contributed by atoms with Gasteiger partial charge in [0.05, 0.1) is 4.92 Å². The van der Waals surface area contributed by atoms with E-state index in [2.05, 4.69) is 5.43 Å². The van der Waals surface area contributed by atoms with Crippen LogP contribution in [0.2, 0.25) is 0 Å². The number of carbonyl (C=O) groups excluding carboxylic acids is 2. The average molecular weight is 322 g/mol. The van der Waals surface area contributed by atoms with E-state index in [9.17, 15) is 19.7 Å². The smallest absolute Gasteiger partial charge is 0.269 e. The van der Waals surface area contributed by atoms with E-state index in [4.69, 9.17) is 10.6 Å². The van der Waals surface area contributed by atoms with Gasteiger partial charge in [0.1, 0.15) is 5.75 Å². The Morgan fingerprint density at radius 3 is 2.43 bits per heavy atom. The summed E-state index contributed by atoms with van der Waals surface area (Å²) in [7, 11) is 0. The number of benzene rings is 1. The van der Waals surface area contributed by atoms with Gasteiger partial charge in [-0.3, -0.25) is 25.1 Å². The zero-order chi connectivity index (χ0) is 16.8. The van der Waals surface area contributed by atoms with Crippen LogP contribution in [-0.2, 0) is 9.59 Å². The van der Waals surface area contributed by atoms with Crippen LogP contribution in [0.4, 0.5) is 5.69 Å². The van der Waals surface area contributed by atoms with E-state index in [1.54, 1.807) is 4.90 Å². The highest BCUT2D eigenvalue weighted by Crippen LogP contribution is 2.19. The summed E-state index contributed by atoms with van der Waals surface area (Å²) in [5.74, 6) is 4.93. The maximum atomic E-state index is 12.1. The number of ether oxygens (including phenoxy) is 1. The summed E-state index contributed by atoms with van der Waals surface area (Å²) < 4.78 is 5.34. The Morgan fingerprint density at radius 1 is 1.30 bits per heavy atom. The van der Waals surface area contributed by atoms with Crippen molar-refractivity contribution in [1.29, 1.82) is 0 Å². The highest BCUT2D eigenvalue weighted by atomic mass is 16.6. The zero-order valence-electron chi connectivity index (χ0n) is 12.4. The highest BCUT2D eigenvalue weighted by molar-refractivity contribution is 5.80. The Labute approximate surface area is 132 Å². The van der Waals surface area contributed by atoms with Gasteiger partial charge in [0.2, 0.25) is 5.91 Å². The van der Waals surface area contributed by atoms with Crippen LogP contribution >= 0.6 is 0 Å². The Bertz CT molecular complexity index is 581. The number of non-ortho nitro benzene ring substituents is 1. The second kappa shape index (κ2) is 7.54. The predicted molar refractivity (Wildman–Crippen MR) is 80.2 cm³/mol. The number of nitrogens with one attached hydrogen (secondary N) is 1. The van der Waals surface area contributed by atoms with Crippen LogP contribution in [0.3, 0.4) is 0 Å². The molecule has 0 unspecified atom stereocenters. The Kier molecular flexibility index (Phi) is 5.47. The van der Waals surface area contributed by atoms with Crippen molar-refractivity contribution >= 4 is 17.5 Å². The number of hydrazine groups is 1. The Morgan fingerprint density at radius 2 is 1.91 bits per heavy atom. The van der Waals surface area contributed by atoms with Crippen molar-refractivity contribution < 1.29 is 19.2 Å². The van der Waals surface area contributed by atoms with Crippen molar-refractivity contribution in [3.8, 4) is 5.75 Å². The minimum Gasteiger partial charge on any atom is -0.484 e. The monoisotopic (exact) mass is 322 g/mol. The molecule has 3 N–H and O–H groups in total. The minimum atomic E-state index is -0.503. The summed E-state index contributed by atoms with van der Waals surface area (Å²) in [5.41, 5.74) is 2.08. The van der Waals surface area contributed by atoms with Crippen LogP contribution < -0.4 is 16.0 Å². The number of nitro benzene ring substituents is 1. The molecular weight excluding hydrogens is 304 g/mol. The molecule has 1 aliphatic heterocycles. The topological polar surface area (TPSA) is 128 Å². The van der Waals surface area contributed by atoms with E-state index >= 15 is 0 Å². The number of piperidine rings is 1. The van der Waals surface area contributed by atoms with Crippen LogP contribution in [0, 0.1) is 16.0 Å². The van der Waals surface area contributed by atoms with Gasteiger partial charge in [-0.1, -0.05) is 0 Å².